The van der Waals surface area contributed by atoms with E-state index in [0.29, 0.717) is 24.6 Å². The fourth-order valence-electron chi connectivity index (χ4n) is 4.35. The molecular weight excluding hydrogens is 434 g/mol. The van der Waals surface area contributed by atoms with Crippen molar-refractivity contribution in [1.82, 2.24) is 14.7 Å². The first-order valence-corrected chi connectivity index (χ1v) is 11.5. The molecule has 0 bridgehead atoms. The third-order valence-corrected chi connectivity index (χ3v) is 6.29. The summed E-state index contributed by atoms with van der Waals surface area (Å²) in [6, 6.07) is 9.87. The Morgan fingerprint density at radius 2 is 1.53 bits per heavy atom. The van der Waals surface area contributed by atoms with E-state index in [4.69, 9.17) is 18.9 Å². The minimum absolute atomic E-state index is 0.145. The number of para-hydroxylation sites is 1. The molecule has 8 heteroatoms. The summed E-state index contributed by atoms with van der Waals surface area (Å²) in [6.45, 7) is 7.00. The van der Waals surface area contributed by atoms with Crippen LogP contribution >= 0.6 is 0 Å². The molecule has 8 nitrogen and oxygen atoms in total. The number of ether oxygens (including phenoxy) is 4. The van der Waals surface area contributed by atoms with Gasteiger partial charge in [-0.1, -0.05) is 12.1 Å². The van der Waals surface area contributed by atoms with Crippen molar-refractivity contribution >= 4 is 5.91 Å². The second-order valence-corrected chi connectivity index (χ2v) is 8.62. The maximum atomic E-state index is 12.9. The predicted molar refractivity (Wildman–Crippen MR) is 132 cm³/mol. The lowest BCUT2D eigenvalue weighted by Gasteiger charge is -2.35. The van der Waals surface area contributed by atoms with Crippen molar-refractivity contribution in [3.63, 3.8) is 0 Å². The standard InChI is InChI=1S/C26H37N3O5/c1-19-14-23(32-4)24(33-5)15-21(19)17-28-10-12-29(13-11-28)25(30)18-27(2)16-20-8-7-9-22(31-3)26(20)34-6/h7-9,14-15H,10-13,16-18H2,1-6H3. The predicted octanol–water partition coefficient (Wildman–Crippen LogP) is 2.81. The van der Waals surface area contributed by atoms with Gasteiger partial charge < -0.3 is 23.8 Å². The van der Waals surface area contributed by atoms with Crippen molar-refractivity contribution in [3.8, 4) is 23.0 Å². The van der Waals surface area contributed by atoms with Gasteiger partial charge in [0, 0.05) is 44.8 Å². The van der Waals surface area contributed by atoms with Crippen LogP contribution in [0.2, 0.25) is 0 Å². The first-order valence-electron chi connectivity index (χ1n) is 11.5. The monoisotopic (exact) mass is 471 g/mol. The summed E-state index contributed by atoms with van der Waals surface area (Å²) in [7, 11) is 8.52. The van der Waals surface area contributed by atoms with E-state index in [1.54, 1.807) is 28.4 Å². The molecule has 0 radical (unpaired) electrons. The fourth-order valence-corrected chi connectivity index (χ4v) is 4.35. The molecular formula is C26H37N3O5. The second kappa shape index (κ2) is 11.9. The van der Waals surface area contributed by atoms with Crippen LogP contribution in [0.5, 0.6) is 23.0 Å². The van der Waals surface area contributed by atoms with Crippen LogP contribution in [0.15, 0.2) is 30.3 Å². The van der Waals surface area contributed by atoms with Crippen molar-refractivity contribution in [2.24, 2.45) is 0 Å². The van der Waals surface area contributed by atoms with Gasteiger partial charge in [-0.05, 0) is 43.3 Å². The van der Waals surface area contributed by atoms with Crippen molar-refractivity contribution in [2.75, 3.05) is 68.2 Å². The van der Waals surface area contributed by atoms with Crippen molar-refractivity contribution in [3.05, 3.63) is 47.0 Å². The van der Waals surface area contributed by atoms with Gasteiger partial charge in [0.1, 0.15) is 0 Å². The molecule has 0 aromatic heterocycles. The third kappa shape index (κ3) is 6.12. The van der Waals surface area contributed by atoms with Gasteiger partial charge in [-0.15, -0.1) is 0 Å². The highest BCUT2D eigenvalue weighted by atomic mass is 16.5. The Kier molecular flexibility index (Phi) is 9.01. The summed E-state index contributed by atoms with van der Waals surface area (Å²) in [5, 5.41) is 0. The minimum atomic E-state index is 0.145. The Balaban J connectivity index is 1.52. The zero-order valence-electron chi connectivity index (χ0n) is 21.2. The first kappa shape index (κ1) is 25.6. The van der Waals surface area contributed by atoms with Gasteiger partial charge in [-0.3, -0.25) is 14.6 Å². The molecule has 1 aliphatic heterocycles. The number of nitrogens with zero attached hydrogens (tertiary/aromatic N) is 3. The SMILES string of the molecule is COc1cc(C)c(CN2CCN(C(=O)CN(C)Cc3cccc(OC)c3OC)CC2)cc1OC. The molecule has 34 heavy (non-hydrogen) atoms. The number of methoxy groups -OCH3 is 4. The molecule has 0 atom stereocenters. The molecule has 1 saturated heterocycles. The van der Waals surface area contributed by atoms with E-state index in [-0.39, 0.29) is 5.91 Å². The van der Waals surface area contributed by atoms with E-state index in [0.717, 1.165) is 49.8 Å². The zero-order chi connectivity index (χ0) is 24.7. The molecule has 186 valence electrons. The van der Waals surface area contributed by atoms with Crippen LogP contribution in [-0.4, -0.2) is 88.8 Å². The highest BCUT2D eigenvalue weighted by Gasteiger charge is 2.23. The van der Waals surface area contributed by atoms with Gasteiger partial charge in [0.15, 0.2) is 23.0 Å². The van der Waals surface area contributed by atoms with Crippen LogP contribution < -0.4 is 18.9 Å². The quantitative estimate of drug-likeness (QED) is 0.528. The Hall–Kier alpha value is -2.97. The van der Waals surface area contributed by atoms with E-state index >= 15 is 0 Å². The van der Waals surface area contributed by atoms with Gasteiger partial charge in [0.05, 0.1) is 35.0 Å². The Labute approximate surface area is 202 Å². The van der Waals surface area contributed by atoms with Gasteiger partial charge in [-0.25, -0.2) is 0 Å². The van der Waals surface area contributed by atoms with Gasteiger partial charge in [0.25, 0.3) is 0 Å². The van der Waals surface area contributed by atoms with E-state index in [1.807, 2.05) is 47.2 Å². The molecule has 2 aromatic carbocycles. The average molecular weight is 472 g/mol. The Morgan fingerprint density at radius 3 is 2.15 bits per heavy atom. The zero-order valence-corrected chi connectivity index (χ0v) is 21.2. The maximum Gasteiger partial charge on any atom is 0.236 e. The summed E-state index contributed by atoms with van der Waals surface area (Å²) in [6.07, 6.45) is 0. The Bertz CT molecular complexity index is 973. The molecule has 0 spiro atoms. The number of carbonyl (C=O) groups is 1. The number of amides is 1. The first-order chi connectivity index (χ1) is 16.4. The van der Waals surface area contributed by atoms with E-state index in [9.17, 15) is 4.79 Å². The van der Waals surface area contributed by atoms with E-state index in [1.165, 1.54) is 11.1 Å². The molecule has 1 heterocycles. The lowest BCUT2D eigenvalue weighted by molar-refractivity contribution is -0.134. The summed E-state index contributed by atoms with van der Waals surface area (Å²) >= 11 is 0. The van der Waals surface area contributed by atoms with Crippen LogP contribution in [0.25, 0.3) is 0 Å². The number of carbonyl (C=O) groups excluding carboxylic acids is 1. The number of piperazine rings is 1. The smallest absolute Gasteiger partial charge is 0.236 e. The molecule has 3 rings (SSSR count). The lowest BCUT2D eigenvalue weighted by atomic mass is 10.1. The number of rotatable bonds is 10. The van der Waals surface area contributed by atoms with E-state index in [2.05, 4.69) is 11.8 Å². The molecule has 1 fully saturated rings. The van der Waals surface area contributed by atoms with Crippen molar-refractivity contribution in [2.45, 2.75) is 20.0 Å². The summed E-state index contributed by atoms with van der Waals surface area (Å²) < 4.78 is 21.8. The molecule has 0 aliphatic carbocycles. The van der Waals surface area contributed by atoms with Crippen LogP contribution in [0.4, 0.5) is 0 Å². The van der Waals surface area contributed by atoms with Gasteiger partial charge >= 0.3 is 0 Å². The van der Waals surface area contributed by atoms with E-state index < -0.39 is 0 Å². The van der Waals surface area contributed by atoms with Crippen LogP contribution in [0.3, 0.4) is 0 Å². The minimum Gasteiger partial charge on any atom is -0.493 e. The number of hydrogen-bond acceptors (Lipinski definition) is 7. The average Bonchev–Trinajstić information content (AvgIpc) is 2.85. The molecule has 0 saturated carbocycles. The largest absolute Gasteiger partial charge is 0.493 e. The van der Waals surface area contributed by atoms with Crippen LogP contribution in [-0.2, 0) is 17.9 Å². The summed E-state index contributed by atoms with van der Waals surface area (Å²) in [5.74, 6) is 3.04. The van der Waals surface area contributed by atoms with Gasteiger partial charge in [0.2, 0.25) is 5.91 Å². The fraction of sp³-hybridized carbons (Fsp3) is 0.500. The lowest BCUT2D eigenvalue weighted by Crippen LogP contribution is -2.50. The summed E-state index contributed by atoms with van der Waals surface area (Å²) in [4.78, 5) is 19.3. The topological polar surface area (TPSA) is 63.7 Å². The summed E-state index contributed by atoms with van der Waals surface area (Å²) in [5.41, 5.74) is 3.38. The molecule has 2 aromatic rings. The number of likely N-dealkylation sites (N-methyl/N-ethyl adjacent to an activating group) is 1. The van der Waals surface area contributed by atoms with Crippen LogP contribution in [0, 0.1) is 6.92 Å². The molecule has 0 unspecified atom stereocenters. The molecule has 0 N–H and O–H groups in total. The third-order valence-electron chi connectivity index (χ3n) is 6.29. The second-order valence-electron chi connectivity index (χ2n) is 8.62. The van der Waals surface area contributed by atoms with Crippen LogP contribution in [0.1, 0.15) is 16.7 Å². The number of aryl methyl sites for hydroxylation is 1. The molecule has 1 amide bonds. The van der Waals surface area contributed by atoms with Crippen molar-refractivity contribution < 1.29 is 23.7 Å². The highest BCUT2D eigenvalue weighted by Crippen LogP contribution is 2.32. The van der Waals surface area contributed by atoms with Crippen molar-refractivity contribution in [1.29, 1.82) is 0 Å². The highest BCUT2D eigenvalue weighted by molar-refractivity contribution is 5.78. The number of hydrogen-bond donors (Lipinski definition) is 0. The number of benzene rings is 2. The maximum absolute atomic E-state index is 12.9. The molecule has 1 aliphatic rings. The normalized spacial score (nSPS) is 14.3. The van der Waals surface area contributed by atoms with Gasteiger partial charge in [-0.2, -0.15) is 0 Å². The Morgan fingerprint density at radius 1 is 0.882 bits per heavy atom.